The smallest absolute Gasteiger partial charge is 0.195 e. The number of benzene rings is 1. The first kappa shape index (κ1) is 9.85. The first-order valence-electron chi connectivity index (χ1n) is 5.97. The number of oxazole rings is 1. The lowest BCUT2D eigenvalue weighted by atomic mass is 9.96. The molecular weight excluding hydrogens is 200 g/mol. The van der Waals surface area contributed by atoms with E-state index in [-0.39, 0.29) is 0 Å². The zero-order chi connectivity index (χ0) is 10.8. The number of nitrogens with one attached hydrogen (secondary N) is 1. The standard InChI is InChI=1S/C13H16N2O/c1-2-6-12-11(5-1)15-13(16-12)8-10-4-3-7-14-9-10/h1-2,5-6,10,14H,3-4,7-9H2. The van der Waals surface area contributed by atoms with Crippen molar-refractivity contribution in [3.63, 3.8) is 0 Å². The average Bonchev–Trinajstić information content (AvgIpc) is 2.72. The SMILES string of the molecule is c1ccc2oc(CC3CCCNC3)nc2c1. The van der Waals surface area contributed by atoms with E-state index in [2.05, 4.69) is 10.3 Å². The molecule has 3 rings (SSSR count). The van der Waals surface area contributed by atoms with Gasteiger partial charge in [-0.05, 0) is 44.0 Å². The Balaban J connectivity index is 1.78. The van der Waals surface area contributed by atoms with Crippen LogP contribution in [0.4, 0.5) is 0 Å². The molecule has 0 aliphatic carbocycles. The van der Waals surface area contributed by atoms with E-state index in [0.29, 0.717) is 5.92 Å². The number of aromatic nitrogens is 1. The van der Waals surface area contributed by atoms with Gasteiger partial charge in [-0.15, -0.1) is 0 Å². The number of hydrogen-bond donors (Lipinski definition) is 1. The summed E-state index contributed by atoms with van der Waals surface area (Å²) >= 11 is 0. The Morgan fingerprint density at radius 1 is 1.38 bits per heavy atom. The molecule has 1 N–H and O–H groups in total. The first-order valence-corrected chi connectivity index (χ1v) is 5.97. The highest BCUT2D eigenvalue weighted by Crippen LogP contribution is 2.20. The van der Waals surface area contributed by atoms with Crippen molar-refractivity contribution in [3.8, 4) is 0 Å². The van der Waals surface area contributed by atoms with Crippen molar-refractivity contribution in [2.24, 2.45) is 5.92 Å². The normalized spacial score (nSPS) is 21.4. The minimum atomic E-state index is 0.682. The second-order valence-corrected chi connectivity index (χ2v) is 4.49. The van der Waals surface area contributed by atoms with Crippen molar-refractivity contribution in [1.29, 1.82) is 0 Å². The molecule has 0 saturated carbocycles. The molecule has 2 aromatic rings. The molecule has 1 aliphatic heterocycles. The number of para-hydroxylation sites is 2. The topological polar surface area (TPSA) is 38.1 Å². The number of nitrogens with zero attached hydrogens (tertiary/aromatic N) is 1. The van der Waals surface area contributed by atoms with Crippen LogP contribution in [0.1, 0.15) is 18.7 Å². The maximum Gasteiger partial charge on any atom is 0.195 e. The summed E-state index contributed by atoms with van der Waals surface area (Å²) in [6.07, 6.45) is 3.51. The molecule has 0 amide bonds. The van der Waals surface area contributed by atoms with Crippen molar-refractivity contribution in [2.45, 2.75) is 19.3 Å². The van der Waals surface area contributed by atoms with Crippen LogP contribution in [0.15, 0.2) is 28.7 Å². The van der Waals surface area contributed by atoms with E-state index in [9.17, 15) is 0 Å². The average molecular weight is 216 g/mol. The van der Waals surface area contributed by atoms with Crippen LogP contribution in [-0.4, -0.2) is 18.1 Å². The summed E-state index contributed by atoms with van der Waals surface area (Å²) in [5.41, 5.74) is 1.88. The molecule has 1 saturated heterocycles. The fourth-order valence-electron chi connectivity index (χ4n) is 2.35. The van der Waals surface area contributed by atoms with E-state index < -0.39 is 0 Å². The molecule has 1 aliphatic rings. The largest absolute Gasteiger partial charge is 0.441 e. The fraction of sp³-hybridized carbons (Fsp3) is 0.462. The number of hydrogen-bond acceptors (Lipinski definition) is 3. The molecule has 1 atom stereocenters. The lowest BCUT2D eigenvalue weighted by Gasteiger charge is -2.21. The summed E-state index contributed by atoms with van der Waals surface area (Å²) in [6.45, 7) is 2.25. The van der Waals surface area contributed by atoms with Crippen molar-refractivity contribution < 1.29 is 4.42 Å². The van der Waals surface area contributed by atoms with E-state index in [1.54, 1.807) is 0 Å². The van der Waals surface area contributed by atoms with Gasteiger partial charge in [0.2, 0.25) is 0 Å². The lowest BCUT2D eigenvalue weighted by molar-refractivity contribution is 0.349. The highest BCUT2D eigenvalue weighted by Gasteiger charge is 2.16. The fourth-order valence-corrected chi connectivity index (χ4v) is 2.35. The maximum atomic E-state index is 5.73. The summed E-state index contributed by atoms with van der Waals surface area (Å²) in [5, 5.41) is 3.42. The molecular formula is C13H16N2O. The molecule has 0 spiro atoms. The summed E-state index contributed by atoms with van der Waals surface area (Å²) in [4.78, 5) is 4.51. The highest BCUT2D eigenvalue weighted by atomic mass is 16.3. The third-order valence-corrected chi connectivity index (χ3v) is 3.20. The molecule has 2 heterocycles. The summed E-state index contributed by atoms with van der Waals surface area (Å²) in [6, 6.07) is 7.96. The second kappa shape index (κ2) is 4.26. The van der Waals surface area contributed by atoms with Gasteiger partial charge in [-0.25, -0.2) is 4.98 Å². The minimum absolute atomic E-state index is 0.682. The summed E-state index contributed by atoms with van der Waals surface area (Å²) < 4.78 is 5.73. The molecule has 16 heavy (non-hydrogen) atoms. The zero-order valence-corrected chi connectivity index (χ0v) is 9.28. The quantitative estimate of drug-likeness (QED) is 0.837. The molecule has 1 aromatic heterocycles. The van der Waals surface area contributed by atoms with Crippen LogP contribution in [0, 0.1) is 5.92 Å². The van der Waals surface area contributed by atoms with Crippen LogP contribution in [0.3, 0.4) is 0 Å². The van der Waals surface area contributed by atoms with Crippen LogP contribution >= 0.6 is 0 Å². The van der Waals surface area contributed by atoms with Crippen molar-refractivity contribution in [2.75, 3.05) is 13.1 Å². The van der Waals surface area contributed by atoms with Gasteiger partial charge in [-0.3, -0.25) is 0 Å². The van der Waals surface area contributed by atoms with Gasteiger partial charge in [-0.1, -0.05) is 12.1 Å². The van der Waals surface area contributed by atoms with Crippen LogP contribution in [0.25, 0.3) is 11.1 Å². The van der Waals surface area contributed by atoms with E-state index in [4.69, 9.17) is 4.42 Å². The molecule has 1 aromatic carbocycles. The Kier molecular flexibility index (Phi) is 2.62. The van der Waals surface area contributed by atoms with E-state index in [0.717, 1.165) is 36.5 Å². The number of fused-ring (bicyclic) bond motifs is 1. The Labute approximate surface area is 94.9 Å². The maximum absolute atomic E-state index is 5.73. The van der Waals surface area contributed by atoms with Gasteiger partial charge in [0.15, 0.2) is 11.5 Å². The Bertz CT molecular complexity index is 438. The van der Waals surface area contributed by atoms with Gasteiger partial charge in [0.25, 0.3) is 0 Å². The number of piperidine rings is 1. The molecule has 1 fully saturated rings. The summed E-state index contributed by atoms with van der Waals surface area (Å²) in [7, 11) is 0. The molecule has 0 radical (unpaired) electrons. The molecule has 84 valence electrons. The van der Waals surface area contributed by atoms with Gasteiger partial charge in [0, 0.05) is 6.42 Å². The Morgan fingerprint density at radius 2 is 2.31 bits per heavy atom. The number of rotatable bonds is 2. The highest BCUT2D eigenvalue weighted by molar-refractivity contribution is 5.72. The van der Waals surface area contributed by atoms with E-state index >= 15 is 0 Å². The van der Waals surface area contributed by atoms with Crippen molar-refractivity contribution in [3.05, 3.63) is 30.2 Å². The van der Waals surface area contributed by atoms with E-state index in [1.165, 1.54) is 12.8 Å². The van der Waals surface area contributed by atoms with Gasteiger partial charge >= 0.3 is 0 Å². The predicted molar refractivity (Wildman–Crippen MR) is 63.3 cm³/mol. The van der Waals surface area contributed by atoms with Crippen LogP contribution in [0.5, 0.6) is 0 Å². The van der Waals surface area contributed by atoms with E-state index in [1.807, 2.05) is 24.3 Å². The van der Waals surface area contributed by atoms with Gasteiger partial charge in [0.1, 0.15) is 5.52 Å². The Morgan fingerprint density at radius 3 is 3.12 bits per heavy atom. The molecule has 3 nitrogen and oxygen atoms in total. The summed E-state index contributed by atoms with van der Waals surface area (Å²) in [5.74, 6) is 1.57. The first-order chi connectivity index (χ1) is 7.92. The molecule has 3 heteroatoms. The van der Waals surface area contributed by atoms with Crippen molar-refractivity contribution >= 4 is 11.1 Å². The predicted octanol–water partition coefficient (Wildman–Crippen LogP) is 2.37. The van der Waals surface area contributed by atoms with Crippen LogP contribution < -0.4 is 5.32 Å². The molecule has 1 unspecified atom stereocenters. The monoisotopic (exact) mass is 216 g/mol. The van der Waals surface area contributed by atoms with Crippen molar-refractivity contribution in [1.82, 2.24) is 10.3 Å². The second-order valence-electron chi connectivity index (χ2n) is 4.49. The third kappa shape index (κ3) is 1.95. The lowest BCUT2D eigenvalue weighted by Crippen LogP contribution is -2.30. The zero-order valence-electron chi connectivity index (χ0n) is 9.28. The van der Waals surface area contributed by atoms with Crippen LogP contribution in [-0.2, 0) is 6.42 Å². The molecule has 0 bridgehead atoms. The Hall–Kier alpha value is -1.35. The third-order valence-electron chi connectivity index (χ3n) is 3.20. The van der Waals surface area contributed by atoms with Crippen LogP contribution in [0.2, 0.25) is 0 Å². The van der Waals surface area contributed by atoms with Gasteiger partial charge in [0.05, 0.1) is 0 Å². The minimum Gasteiger partial charge on any atom is -0.441 e. The van der Waals surface area contributed by atoms with Gasteiger partial charge in [-0.2, -0.15) is 0 Å². The van der Waals surface area contributed by atoms with Gasteiger partial charge < -0.3 is 9.73 Å².